The van der Waals surface area contributed by atoms with E-state index >= 15 is 0 Å². The van der Waals surface area contributed by atoms with Gasteiger partial charge in [0.25, 0.3) is 5.91 Å². The first-order chi connectivity index (χ1) is 12.1. The summed E-state index contributed by atoms with van der Waals surface area (Å²) in [5.41, 5.74) is 2.96. The van der Waals surface area contributed by atoms with Gasteiger partial charge in [0, 0.05) is 17.7 Å². The van der Waals surface area contributed by atoms with E-state index in [1.807, 2.05) is 12.1 Å². The number of hydrogen-bond donors (Lipinski definition) is 2. The number of amides is 3. The highest BCUT2D eigenvalue weighted by molar-refractivity contribution is 6.07. The molecule has 0 unspecified atom stereocenters. The number of Topliss-reactive ketones (excluding diaryl/α,β-unsaturated/α-hetero) is 1. The Bertz CT molecular complexity index is 801. The average molecular weight is 352 g/mol. The number of anilines is 1. The van der Waals surface area contributed by atoms with Crippen LogP contribution in [-0.4, -0.2) is 17.7 Å². The fourth-order valence-corrected chi connectivity index (χ4v) is 2.45. The normalized spacial score (nSPS) is 10.9. The largest absolute Gasteiger partial charge is 0.326 e. The summed E-state index contributed by atoms with van der Waals surface area (Å²) in [5.74, 6) is -0.386. The second-order valence-corrected chi connectivity index (χ2v) is 7.31. The van der Waals surface area contributed by atoms with Crippen molar-refractivity contribution < 1.29 is 14.4 Å². The van der Waals surface area contributed by atoms with E-state index in [0.717, 1.165) is 11.1 Å². The molecule has 5 nitrogen and oxygen atoms in total. The first-order valence-corrected chi connectivity index (χ1v) is 8.46. The van der Waals surface area contributed by atoms with Crippen molar-refractivity contribution in [2.45, 2.75) is 39.5 Å². The highest BCUT2D eigenvalue weighted by Crippen LogP contribution is 2.22. The van der Waals surface area contributed by atoms with E-state index in [2.05, 4.69) is 31.4 Å². The third kappa shape index (κ3) is 5.55. The number of rotatable bonds is 4. The molecule has 0 radical (unpaired) electrons. The van der Waals surface area contributed by atoms with Crippen molar-refractivity contribution in [3.8, 4) is 0 Å². The van der Waals surface area contributed by atoms with E-state index in [0.29, 0.717) is 17.7 Å². The molecule has 0 atom stereocenters. The average Bonchev–Trinajstić information content (AvgIpc) is 2.55. The van der Waals surface area contributed by atoms with Crippen molar-refractivity contribution in [3.63, 3.8) is 0 Å². The molecule has 26 heavy (non-hydrogen) atoms. The van der Waals surface area contributed by atoms with Gasteiger partial charge in [0.05, 0.1) is 0 Å². The number of hydrogen-bond acceptors (Lipinski definition) is 3. The maximum Gasteiger partial charge on any atom is 0.326 e. The van der Waals surface area contributed by atoms with Crippen molar-refractivity contribution >= 4 is 23.4 Å². The van der Waals surface area contributed by atoms with Gasteiger partial charge in [-0.05, 0) is 47.7 Å². The number of carbonyl (C=O) groups is 3. The molecule has 0 saturated carbocycles. The maximum absolute atomic E-state index is 12.2. The van der Waals surface area contributed by atoms with Gasteiger partial charge in [-0.25, -0.2) is 4.79 Å². The zero-order valence-corrected chi connectivity index (χ0v) is 15.6. The second kappa shape index (κ2) is 7.95. The standard InChI is InChI=1S/C21H24N2O3/c1-14(24)13-15-5-11-18(12-6-15)22-20(26)23-19(25)16-7-9-17(10-8-16)21(2,3)4/h5-12H,13H2,1-4H3,(H2,22,23,25,26). The second-order valence-electron chi connectivity index (χ2n) is 7.31. The summed E-state index contributed by atoms with van der Waals surface area (Å²) in [6.07, 6.45) is 0.357. The SMILES string of the molecule is CC(=O)Cc1ccc(NC(=O)NC(=O)c2ccc(C(C)(C)C)cc2)cc1. The van der Waals surface area contributed by atoms with Gasteiger partial charge in [-0.3, -0.25) is 14.9 Å². The molecular formula is C21H24N2O3. The molecule has 136 valence electrons. The number of benzene rings is 2. The molecule has 0 aliphatic heterocycles. The van der Waals surface area contributed by atoms with Crippen LogP contribution in [0.2, 0.25) is 0 Å². The van der Waals surface area contributed by atoms with E-state index in [-0.39, 0.29) is 11.2 Å². The summed E-state index contributed by atoms with van der Waals surface area (Å²) in [6, 6.07) is 13.5. The molecule has 0 bridgehead atoms. The van der Waals surface area contributed by atoms with E-state index in [1.165, 1.54) is 6.92 Å². The monoisotopic (exact) mass is 352 g/mol. The first kappa shape index (κ1) is 19.4. The summed E-state index contributed by atoms with van der Waals surface area (Å²) >= 11 is 0. The minimum Gasteiger partial charge on any atom is -0.308 e. The minimum absolute atomic E-state index is 0.000925. The van der Waals surface area contributed by atoms with Crippen LogP contribution < -0.4 is 10.6 Å². The summed E-state index contributed by atoms with van der Waals surface area (Å²) < 4.78 is 0. The zero-order chi connectivity index (χ0) is 19.3. The van der Waals surface area contributed by atoms with Gasteiger partial charge >= 0.3 is 6.03 Å². The number of nitrogens with one attached hydrogen (secondary N) is 2. The Labute approximate surface area is 153 Å². The molecule has 5 heteroatoms. The lowest BCUT2D eigenvalue weighted by atomic mass is 9.87. The van der Waals surface area contributed by atoms with Gasteiger partial charge in [0.2, 0.25) is 0 Å². The zero-order valence-electron chi connectivity index (χ0n) is 15.6. The van der Waals surface area contributed by atoms with Crippen LogP contribution in [0, 0.1) is 0 Å². The highest BCUT2D eigenvalue weighted by atomic mass is 16.2. The Morgan fingerprint density at radius 1 is 0.885 bits per heavy atom. The van der Waals surface area contributed by atoms with E-state index < -0.39 is 11.9 Å². The fraction of sp³-hybridized carbons (Fsp3) is 0.286. The van der Waals surface area contributed by atoms with Crippen LogP contribution in [-0.2, 0) is 16.6 Å². The van der Waals surface area contributed by atoms with Crippen molar-refractivity contribution in [1.29, 1.82) is 0 Å². The van der Waals surface area contributed by atoms with Gasteiger partial charge in [0.15, 0.2) is 0 Å². The van der Waals surface area contributed by atoms with Crippen molar-refractivity contribution in [2.75, 3.05) is 5.32 Å². The lowest BCUT2D eigenvalue weighted by Gasteiger charge is -2.19. The van der Waals surface area contributed by atoms with Crippen molar-refractivity contribution in [2.24, 2.45) is 0 Å². The Morgan fingerprint density at radius 2 is 1.46 bits per heavy atom. The van der Waals surface area contributed by atoms with Crippen LogP contribution >= 0.6 is 0 Å². The Morgan fingerprint density at radius 3 is 1.96 bits per heavy atom. The van der Waals surface area contributed by atoms with Crippen LogP contribution in [0.5, 0.6) is 0 Å². The Balaban J connectivity index is 1.94. The summed E-state index contributed by atoms with van der Waals surface area (Å²) in [6.45, 7) is 7.81. The molecule has 0 aliphatic rings. The predicted octanol–water partition coefficient (Wildman–Crippen LogP) is 4.08. The van der Waals surface area contributed by atoms with Crippen LogP contribution in [0.15, 0.2) is 48.5 Å². The molecule has 2 aromatic carbocycles. The third-order valence-corrected chi connectivity index (χ3v) is 3.91. The predicted molar refractivity (Wildman–Crippen MR) is 102 cm³/mol. The quantitative estimate of drug-likeness (QED) is 0.871. The topological polar surface area (TPSA) is 75.3 Å². The molecule has 2 aromatic rings. The molecular weight excluding hydrogens is 328 g/mol. The Hall–Kier alpha value is -2.95. The van der Waals surface area contributed by atoms with Gasteiger partial charge in [-0.2, -0.15) is 0 Å². The molecule has 2 N–H and O–H groups in total. The molecule has 0 saturated heterocycles. The van der Waals surface area contributed by atoms with E-state index in [9.17, 15) is 14.4 Å². The molecule has 2 rings (SSSR count). The maximum atomic E-state index is 12.2. The molecule has 0 heterocycles. The number of ketones is 1. The van der Waals surface area contributed by atoms with Gasteiger partial charge in [-0.15, -0.1) is 0 Å². The van der Waals surface area contributed by atoms with Crippen LogP contribution in [0.25, 0.3) is 0 Å². The number of urea groups is 1. The van der Waals surface area contributed by atoms with Crippen LogP contribution in [0.4, 0.5) is 10.5 Å². The van der Waals surface area contributed by atoms with Gasteiger partial charge < -0.3 is 5.32 Å². The van der Waals surface area contributed by atoms with Gasteiger partial charge in [0.1, 0.15) is 5.78 Å². The summed E-state index contributed by atoms with van der Waals surface area (Å²) in [7, 11) is 0. The number of imide groups is 1. The molecule has 0 spiro atoms. The third-order valence-electron chi connectivity index (χ3n) is 3.91. The van der Waals surface area contributed by atoms with Crippen molar-refractivity contribution in [1.82, 2.24) is 5.32 Å². The van der Waals surface area contributed by atoms with Gasteiger partial charge in [-0.1, -0.05) is 45.0 Å². The van der Waals surface area contributed by atoms with E-state index in [4.69, 9.17) is 0 Å². The molecule has 0 aliphatic carbocycles. The highest BCUT2D eigenvalue weighted by Gasteiger charge is 2.15. The molecule has 3 amide bonds. The lowest BCUT2D eigenvalue weighted by Crippen LogP contribution is -2.34. The molecule has 0 fully saturated rings. The van der Waals surface area contributed by atoms with E-state index in [1.54, 1.807) is 36.4 Å². The summed E-state index contributed by atoms with van der Waals surface area (Å²) in [4.78, 5) is 35.3. The van der Waals surface area contributed by atoms with Crippen molar-refractivity contribution in [3.05, 3.63) is 65.2 Å². The summed E-state index contributed by atoms with van der Waals surface area (Å²) in [5, 5.41) is 4.91. The smallest absolute Gasteiger partial charge is 0.308 e. The first-order valence-electron chi connectivity index (χ1n) is 8.46. The number of carbonyl (C=O) groups excluding carboxylic acids is 3. The lowest BCUT2D eigenvalue weighted by molar-refractivity contribution is -0.116. The molecule has 0 aromatic heterocycles. The van der Waals surface area contributed by atoms with Crippen LogP contribution in [0.3, 0.4) is 0 Å². The minimum atomic E-state index is -0.603. The van der Waals surface area contributed by atoms with Crippen LogP contribution in [0.1, 0.15) is 49.2 Å². The fourth-order valence-electron chi connectivity index (χ4n) is 2.45. The Kier molecular flexibility index (Phi) is 5.93.